The fourth-order valence-corrected chi connectivity index (χ4v) is 1.42. The molecule has 0 heterocycles. The van der Waals surface area contributed by atoms with Crippen LogP contribution in [0, 0.1) is 5.92 Å². The van der Waals surface area contributed by atoms with Gasteiger partial charge in [0.2, 0.25) is 0 Å². The first-order valence-corrected chi connectivity index (χ1v) is 4.03. The van der Waals surface area contributed by atoms with Gasteiger partial charge in [-0.25, -0.2) is 0 Å². The third kappa shape index (κ3) is 5.38. The second-order valence-corrected chi connectivity index (χ2v) is 2.48. The van der Waals surface area contributed by atoms with Gasteiger partial charge in [0.05, 0.1) is 0 Å². The van der Waals surface area contributed by atoms with Crippen molar-refractivity contribution in [3.8, 4) is 0 Å². The topological polar surface area (TPSA) is 0 Å². The van der Waals surface area contributed by atoms with Crippen LogP contribution in [0.15, 0.2) is 0 Å². The summed E-state index contributed by atoms with van der Waals surface area (Å²) in [6.07, 6.45) is 2.61. The second kappa shape index (κ2) is 8.25. The van der Waals surface area contributed by atoms with E-state index in [9.17, 15) is 0 Å². The molecule has 48 valence electrons. The maximum absolute atomic E-state index is 3.44. The predicted molar refractivity (Wildman–Crippen MR) is 45.8 cm³/mol. The SMILES string of the molecule is CCC(CC)CBr.[H-].[H-].[Mg+2]. The largest absolute Gasteiger partial charge is 2.00 e. The van der Waals surface area contributed by atoms with E-state index in [1.165, 1.54) is 18.2 Å². The fourth-order valence-electron chi connectivity index (χ4n) is 0.507. The second-order valence-electron chi connectivity index (χ2n) is 1.84. The van der Waals surface area contributed by atoms with E-state index >= 15 is 0 Å². The smallest absolute Gasteiger partial charge is 1.00 e. The van der Waals surface area contributed by atoms with Crippen LogP contribution in [-0.4, -0.2) is 28.4 Å². The Labute approximate surface area is 79.7 Å². The van der Waals surface area contributed by atoms with Gasteiger partial charge in [0.15, 0.2) is 0 Å². The van der Waals surface area contributed by atoms with Gasteiger partial charge in [0.25, 0.3) is 0 Å². The molecule has 0 aromatic carbocycles. The summed E-state index contributed by atoms with van der Waals surface area (Å²) in [5, 5.41) is 1.17. The molecule has 0 saturated heterocycles. The van der Waals surface area contributed by atoms with Crippen LogP contribution >= 0.6 is 15.9 Å². The first kappa shape index (κ1) is 12.0. The normalized spacial score (nSPS) is 9.00. The minimum Gasteiger partial charge on any atom is -1.00 e. The molecule has 2 heteroatoms. The monoisotopic (exact) mass is 190 g/mol. The Morgan fingerprint density at radius 2 is 1.75 bits per heavy atom. The summed E-state index contributed by atoms with van der Waals surface area (Å²) < 4.78 is 0. The molecule has 0 aliphatic carbocycles. The summed E-state index contributed by atoms with van der Waals surface area (Å²) in [7, 11) is 0. The average Bonchev–Trinajstić information content (AvgIpc) is 1.72. The van der Waals surface area contributed by atoms with Crippen molar-refractivity contribution in [1.29, 1.82) is 0 Å². The molecule has 0 unspecified atom stereocenters. The molecule has 8 heavy (non-hydrogen) atoms. The predicted octanol–water partition coefficient (Wildman–Crippen LogP) is 2.66. The molecule has 0 atom stereocenters. The van der Waals surface area contributed by atoms with E-state index in [0.29, 0.717) is 0 Å². The van der Waals surface area contributed by atoms with E-state index in [-0.39, 0.29) is 25.9 Å². The molecule has 0 amide bonds. The number of halogens is 1. The average molecular weight is 191 g/mol. The molecular formula is C6H15BrMg. The van der Waals surface area contributed by atoms with E-state index in [4.69, 9.17) is 0 Å². The van der Waals surface area contributed by atoms with Gasteiger partial charge in [-0.05, 0) is 5.92 Å². The minimum absolute atomic E-state index is 0. The molecule has 0 fully saturated rings. The minimum atomic E-state index is 0. The van der Waals surface area contributed by atoms with Crippen LogP contribution < -0.4 is 0 Å². The van der Waals surface area contributed by atoms with Gasteiger partial charge in [-0.15, -0.1) is 0 Å². The van der Waals surface area contributed by atoms with Gasteiger partial charge in [0, 0.05) is 5.33 Å². The summed E-state index contributed by atoms with van der Waals surface area (Å²) in [4.78, 5) is 0. The van der Waals surface area contributed by atoms with Crippen molar-refractivity contribution in [1.82, 2.24) is 0 Å². The van der Waals surface area contributed by atoms with E-state index in [1.807, 2.05) is 0 Å². The zero-order valence-corrected chi connectivity index (χ0v) is 8.78. The summed E-state index contributed by atoms with van der Waals surface area (Å²) in [5.41, 5.74) is 0. The van der Waals surface area contributed by atoms with Crippen LogP contribution in [0.5, 0.6) is 0 Å². The molecule has 0 aromatic heterocycles. The van der Waals surface area contributed by atoms with Crippen molar-refractivity contribution < 1.29 is 2.85 Å². The van der Waals surface area contributed by atoms with Gasteiger partial charge in [-0.1, -0.05) is 42.6 Å². The molecular weight excluding hydrogens is 176 g/mol. The first-order valence-electron chi connectivity index (χ1n) is 2.91. The Hall–Kier alpha value is 1.25. The summed E-state index contributed by atoms with van der Waals surface area (Å²) in [5.74, 6) is 0.903. The Bertz CT molecular complexity index is 37.2. The summed E-state index contributed by atoms with van der Waals surface area (Å²) in [6.45, 7) is 4.46. The van der Waals surface area contributed by atoms with Crippen LogP contribution in [0.1, 0.15) is 29.5 Å². The molecule has 0 spiro atoms. The van der Waals surface area contributed by atoms with E-state index in [2.05, 4.69) is 29.8 Å². The quantitative estimate of drug-likeness (QED) is 0.475. The molecule has 0 saturated carbocycles. The zero-order chi connectivity index (χ0) is 5.70. The van der Waals surface area contributed by atoms with E-state index < -0.39 is 0 Å². The molecule has 0 aliphatic rings. The van der Waals surface area contributed by atoms with Gasteiger partial charge in [-0.2, -0.15) is 0 Å². The molecule has 0 radical (unpaired) electrons. The van der Waals surface area contributed by atoms with E-state index in [1.54, 1.807) is 0 Å². The van der Waals surface area contributed by atoms with Crippen molar-refractivity contribution in [3.05, 3.63) is 0 Å². The standard InChI is InChI=1S/C6H13Br.Mg.2H/c1-3-6(4-2)5-7;;;/h6H,3-5H2,1-2H3;;;/q;+2;2*-1. The van der Waals surface area contributed by atoms with Crippen molar-refractivity contribution in [3.63, 3.8) is 0 Å². The maximum atomic E-state index is 3.44. The van der Waals surface area contributed by atoms with Gasteiger partial charge in [0.1, 0.15) is 0 Å². The Balaban J connectivity index is -0.0000000600. The molecule has 0 rings (SSSR count). The Morgan fingerprint density at radius 3 is 1.75 bits per heavy atom. The van der Waals surface area contributed by atoms with Crippen LogP contribution in [0.2, 0.25) is 0 Å². The fraction of sp³-hybridized carbons (Fsp3) is 1.00. The van der Waals surface area contributed by atoms with E-state index in [0.717, 1.165) is 5.92 Å². The van der Waals surface area contributed by atoms with Crippen molar-refractivity contribution in [2.75, 3.05) is 5.33 Å². The third-order valence-corrected chi connectivity index (χ3v) is 2.29. The summed E-state index contributed by atoms with van der Waals surface area (Å²) in [6, 6.07) is 0. The number of rotatable bonds is 3. The number of hydrogen-bond donors (Lipinski definition) is 0. The molecule has 0 nitrogen and oxygen atoms in total. The zero-order valence-electron chi connectivity index (χ0n) is 7.78. The molecule has 0 aliphatic heterocycles. The van der Waals surface area contributed by atoms with Crippen molar-refractivity contribution in [2.24, 2.45) is 5.92 Å². The third-order valence-electron chi connectivity index (χ3n) is 1.37. The Morgan fingerprint density at radius 1 is 1.38 bits per heavy atom. The number of alkyl halides is 1. The van der Waals surface area contributed by atoms with Crippen LogP contribution in [0.3, 0.4) is 0 Å². The van der Waals surface area contributed by atoms with Crippen LogP contribution in [0.25, 0.3) is 0 Å². The van der Waals surface area contributed by atoms with Crippen molar-refractivity contribution in [2.45, 2.75) is 26.7 Å². The molecule has 0 N–H and O–H groups in total. The first-order chi connectivity index (χ1) is 3.35. The molecule has 0 aromatic rings. The van der Waals surface area contributed by atoms with Gasteiger partial charge >= 0.3 is 23.1 Å². The summed E-state index contributed by atoms with van der Waals surface area (Å²) >= 11 is 3.44. The maximum Gasteiger partial charge on any atom is 2.00 e. The Kier molecular flexibility index (Phi) is 12.3. The number of hydrogen-bond acceptors (Lipinski definition) is 0. The molecule has 0 bridgehead atoms. The van der Waals surface area contributed by atoms with Gasteiger partial charge < -0.3 is 2.85 Å². The van der Waals surface area contributed by atoms with Crippen molar-refractivity contribution >= 4 is 39.0 Å². The van der Waals surface area contributed by atoms with Gasteiger partial charge in [-0.3, -0.25) is 0 Å². The van der Waals surface area contributed by atoms with Crippen LogP contribution in [-0.2, 0) is 0 Å². The van der Waals surface area contributed by atoms with Crippen LogP contribution in [0.4, 0.5) is 0 Å².